The summed E-state index contributed by atoms with van der Waals surface area (Å²) in [6.45, 7) is 1.75. The summed E-state index contributed by atoms with van der Waals surface area (Å²) in [5.74, 6) is 0.406. The van der Waals surface area contributed by atoms with Gasteiger partial charge in [-0.05, 0) is 55.2 Å². The minimum Gasteiger partial charge on any atom is -0.497 e. The monoisotopic (exact) mass is 382 g/mol. The van der Waals surface area contributed by atoms with Gasteiger partial charge in [0.05, 0.1) is 13.2 Å². The van der Waals surface area contributed by atoms with Crippen LogP contribution in [0.25, 0.3) is 0 Å². The molecule has 0 saturated carbocycles. The number of rotatable bonds is 8. The van der Waals surface area contributed by atoms with Crippen LogP contribution in [0.4, 0.5) is 0 Å². The number of carbonyl (C=O) groups is 2. The molecule has 0 spiro atoms. The zero-order chi connectivity index (χ0) is 19.8. The number of carbonyl (C=O) groups excluding carboxylic acids is 2. The van der Waals surface area contributed by atoms with Crippen molar-refractivity contribution in [2.24, 2.45) is 0 Å². The fraction of sp³-hybridized carbons (Fsp3) is 0.364. The number of hydrogen-bond acceptors (Lipinski definition) is 4. The van der Waals surface area contributed by atoms with E-state index in [0.29, 0.717) is 30.6 Å². The normalized spacial score (nSPS) is 15.8. The quantitative estimate of drug-likeness (QED) is 0.736. The van der Waals surface area contributed by atoms with E-state index in [4.69, 9.17) is 9.47 Å². The molecule has 1 unspecified atom stereocenters. The molecule has 1 heterocycles. The summed E-state index contributed by atoms with van der Waals surface area (Å²) < 4.78 is 10.7. The van der Waals surface area contributed by atoms with Crippen molar-refractivity contribution in [2.45, 2.75) is 25.4 Å². The smallest absolute Gasteiger partial charge is 0.251 e. The molecule has 1 fully saturated rings. The van der Waals surface area contributed by atoms with Gasteiger partial charge in [0.15, 0.2) is 0 Å². The summed E-state index contributed by atoms with van der Waals surface area (Å²) in [6, 6.07) is 14.5. The first kappa shape index (κ1) is 19.9. The molecule has 0 aliphatic carbocycles. The first-order valence-electron chi connectivity index (χ1n) is 9.56. The Morgan fingerprint density at radius 2 is 1.82 bits per heavy atom. The molecular formula is C22H26N2O4. The van der Waals surface area contributed by atoms with Gasteiger partial charge in [0.2, 0.25) is 0 Å². The molecule has 6 heteroatoms. The van der Waals surface area contributed by atoms with Gasteiger partial charge in [-0.15, -0.1) is 0 Å². The lowest BCUT2D eigenvalue weighted by atomic mass is 10.1. The summed E-state index contributed by atoms with van der Waals surface area (Å²) >= 11 is 0. The molecule has 1 saturated heterocycles. The maximum Gasteiger partial charge on any atom is 0.251 e. The lowest BCUT2D eigenvalue weighted by molar-refractivity contribution is 0.0857. The molecular weight excluding hydrogens is 356 g/mol. The zero-order valence-electron chi connectivity index (χ0n) is 16.1. The van der Waals surface area contributed by atoms with Gasteiger partial charge in [-0.2, -0.15) is 0 Å². The number of amides is 2. The third-order valence-electron chi connectivity index (χ3n) is 4.73. The average molecular weight is 382 g/mol. The Morgan fingerprint density at radius 3 is 2.54 bits per heavy atom. The van der Waals surface area contributed by atoms with Crippen LogP contribution in [0.3, 0.4) is 0 Å². The predicted molar refractivity (Wildman–Crippen MR) is 107 cm³/mol. The standard InChI is InChI=1S/C22H26N2O4/c1-27-19-8-2-5-16(13-19)10-11-23-21(25)17-6-3-7-18(14-17)22(26)24-15-20-9-4-12-28-20/h2-3,5-8,13-14,20H,4,9-12,15H2,1H3,(H,23,25)(H,24,26). The maximum absolute atomic E-state index is 12.4. The summed E-state index contributed by atoms with van der Waals surface area (Å²) in [6.07, 6.45) is 2.79. The molecule has 2 aromatic rings. The van der Waals surface area contributed by atoms with Crippen LogP contribution in [0.1, 0.15) is 39.1 Å². The van der Waals surface area contributed by atoms with Crippen LogP contribution in [0.15, 0.2) is 48.5 Å². The van der Waals surface area contributed by atoms with E-state index in [1.54, 1.807) is 31.4 Å². The number of methoxy groups -OCH3 is 1. The minimum atomic E-state index is -0.198. The van der Waals surface area contributed by atoms with Crippen molar-refractivity contribution in [1.82, 2.24) is 10.6 Å². The third-order valence-corrected chi connectivity index (χ3v) is 4.73. The van der Waals surface area contributed by atoms with E-state index in [0.717, 1.165) is 30.8 Å². The van der Waals surface area contributed by atoms with Crippen LogP contribution in [0, 0.1) is 0 Å². The van der Waals surface area contributed by atoms with Crippen molar-refractivity contribution < 1.29 is 19.1 Å². The first-order chi connectivity index (χ1) is 13.7. The van der Waals surface area contributed by atoms with Gasteiger partial charge < -0.3 is 20.1 Å². The Balaban J connectivity index is 1.50. The Kier molecular flexibility index (Phi) is 7.03. The van der Waals surface area contributed by atoms with E-state index in [9.17, 15) is 9.59 Å². The van der Waals surface area contributed by atoms with Crippen LogP contribution >= 0.6 is 0 Å². The second-order valence-electron chi connectivity index (χ2n) is 6.78. The van der Waals surface area contributed by atoms with Gasteiger partial charge in [0, 0.05) is 30.8 Å². The molecule has 1 atom stereocenters. The SMILES string of the molecule is COc1cccc(CCNC(=O)c2cccc(C(=O)NCC3CCCO3)c2)c1. The molecule has 148 valence electrons. The first-order valence-corrected chi connectivity index (χ1v) is 9.56. The zero-order valence-corrected chi connectivity index (χ0v) is 16.1. The highest BCUT2D eigenvalue weighted by molar-refractivity contribution is 5.99. The van der Waals surface area contributed by atoms with Crippen molar-refractivity contribution in [2.75, 3.05) is 26.8 Å². The fourth-order valence-electron chi connectivity index (χ4n) is 3.17. The van der Waals surface area contributed by atoms with E-state index in [1.807, 2.05) is 24.3 Å². The average Bonchev–Trinajstić information content (AvgIpc) is 3.26. The molecule has 1 aliphatic heterocycles. The van der Waals surface area contributed by atoms with E-state index in [1.165, 1.54) is 0 Å². The van der Waals surface area contributed by atoms with Crippen molar-refractivity contribution >= 4 is 11.8 Å². The van der Waals surface area contributed by atoms with Gasteiger partial charge in [-0.25, -0.2) is 0 Å². The summed E-state index contributed by atoms with van der Waals surface area (Å²) in [4.78, 5) is 24.7. The second kappa shape index (κ2) is 9.90. The van der Waals surface area contributed by atoms with Crippen molar-refractivity contribution in [3.8, 4) is 5.75 Å². The highest BCUT2D eigenvalue weighted by atomic mass is 16.5. The molecule has 0 bridgehead atoms. The summed E-state index contributed by atoms with van der Waals surface area (Å²) in [5, 5.41) is 5.77. The number of nitrogens with one attached hydrogen (secondary N) is 2. The maximum atomic E-state index is 12.4. The van der Waals surface area contributed by atoms with Gasteiger partial charge in [-0.3, -0.25) is 9.59 Å². The van der Waals surface area contributed by atoms with E-state index < -0.39 is 0 Å². The fourth-order valence-corrected chi connectivity index (χ4v) is 3.17. The summed E-state index contributed by atoms with van der Waals surface area (Å²) in [7, 11) is 1.63. The molecule has 2 N–H and O–H groups in total. The van der Waals surface area contributed by atoms with Crippen LogP contribution in [-0.4, -0.2) is 44.7 Å². The number of benzene rings is 2. The molecule has 3 rings (SSSR count). The van der Waals surface area contributed by atoms with Crippen LogP contribution in [-0.2, 0) is 11.2 Å². The van der Waals surface area contributed by atoms with Gasteiger partial charge in [0.1, 0.15) is 5.75 Å². The van der Waals surface area contributed by atoms with Crippen molar-refractivity contribution in [1.29, 1.82) is 0 Å². The van der Waals surface area contributed by atoms with Crippen LogP contribution < -0.4 is 15.4 Å². The molecule has 1 aliphatic rings. The van der Waals surface area contributed by atoms with Crippen LogP contribution in [0.2, 0.25) is 0 Å². The minimum absolute atomic E-state index is 0.0899. The molecule has 0 radical (unpaired) electrons. The topological polar surface area (TPSA) is 76.7 Å². The van der Waals surface area contributed by atoms with E-state index in [-0.39, 0.29) is 17.9 Å². The highest BCUT2D eigenvalue weighted by Crippen LogP contribution is 2.13. The molecule has 2 aromatic carbocycles. The van der Waals surface area contributed by atoms with Crippen LogP contribution in [0.5, 0.6) is 5.75 Å². The third kappa shape index (κ3) is 5.57. The molecule has 2 amide bonds. The van der Waals surface area contributed by atoms with Gasteiger partial charge >= 0.3 is 0 Å². The number of ether oxygens (including phenoxy) is 2. The Labute approximate surface area is 165 Å². The summed E-state index contributed by atoms with van der Waals surface area (Å²) in [5.41, 5.74) is 2.02. The van der Waals surface area contributed by atoms with Gasteiger partial charge in [-0.1, -0.05) is 18.2 Å². The second-order valence-corrected chi connectivity index (χ2v) is 6.78. The Hall–Kier alpha value is -2.86. The Bertz CT molecular complexity index is 816. The largest absolute Gasteiger partial charge is 0.497 e. The molecule has 6 nitrogen and oxygen atoms in total. The highest BCUT2D eigenvalue weighted by Gasteiger charge is 2.17. The lowest BCUT2D eigenvalue weighted by Gasteiger charge is -2.11. The van der Waals surface area contributed by atoms with Crippen molar-refractivity contribution in [3.05, 3.63) is 65.2 Å². The molecule has 28 heavy (non-hydrogen) atoms. The van der Waals surface area contributed by atoms with Crippen molar-refractivity contribution in [3.63, 3.8) is 0 Å². The molecule has 0 aromatic heterocycles. The number of hydrogen-bond donors (Lipinski definition) is 2. The van der Waals surface area contributed by atoms with Gasteiger partial charge in [0.25, 0.3) is 11.8 Å². The predicted octanol–water partition coefficient (Wildman–Crippen LogP) is 2.58. The van der Waals surface area contributed by atoms with E-state index >= 15 is 0 Å². The lowest BCUT2D eigenvalue weighted by Crippen LogP contribution is -2.32. The Morgan fingerprint density at radius 1 is 1.07 bits per heavy atom. The van der Waals surface area contributed by atoms with E-state index in [2.05, 4.69) is 10.6 Å².